The van der Waals surface area contributed by atoms with E-state index in [0.717, 1.165) is 46.9 Å². The first-order valence-electron chi connectivity index (χ1n) is 10.4. The number of amides is 1. The number of carbonyl (C=O) groups excluding carboxylic acids is 2. The smallest absolute Gasteiger partial charge is 0.295 e. The number of rotatable bonds is 3. The number of nitrogens with zero attached hydrogens (tertiary/aromatic N) is 1. The van der Waals surface area contributed by atoms with Crippen molar-refractivity contribution in [1.82, 2.24) is 4.90 Å². The Bertz CT molecular complexity index is 1180. The van der Waals surface area contributed by atoms with Gasteiger partial charge in [-0.2, -0.15) is 0 Å². The summed E-state index contributed by atoms with van der Waals surface area (Å²) < 4.78 is 0. The maximum absolute atomic E-state index is 13.2. The number of hydrogen-bond acceptors (Lipinski definition) is 4. The van der Waals surface area contributed by atoms with Crippen molar-refractivity contribution < 1.29 is 14.7 Å². The molecule has 1 aromatic heterocycles. The SMILES string of the molecule is Cc1ccsc1C1/C(=C(\O)c2cccc3ccccc23)C(=O)C(=O)N1C1CCCC1. The van der Waals surface area contributed by atoms with Gasteiger partial charge in [-0.3, -0.25) is 9.59 Å². The summed E-state index contributed by atoms with van der Waals surface area (Å²) in [5, 5.41) is 15.2. The van der Waals surface area contributed by atoms with Crippen molar-refractivity contribution >= 4 is 39.6 Å². The molecule has 2 aromatic carbocycles. The molecule has 1 unspecified atom stereocenters. The Morgan fingerprint density at radius 1 is 1.03 bits per heavy atom. The maximum atomic E-state index is 13.2. The van der Waals surface area contributed by atoms with E-state index in [2.05, 4.69) is 0 Å². The molecule has 0 bridgehead atoms. The molecule has 5 heteroatoms. The fourth-order valence-corrected chi connectivity index (χ4v) is 5.94. The fraction of sp³-hybridized carbons (Fsp3) is 0.280. The van der Waals surface area contributed by atoms with Gasteiger partial charge in [-0.15, -0.1) is 11.3 Å². The second kappa shape index (κ2) is 7.40. The Morgan fingerprint density at radius 2 is 1.77 bits per heavy atom. The molecule has 2 fully saturated rings. The topological polar surface area (TPSA) is 57.6 Å². The number of hydrogen-bond donors (Lipinski definition) is 1. The average molecular weight is 418 g/mol. The highest BCUT2D eigenvalue weighted by Gasteiger charge is 2.50. The minimum absolute atomic E-state index is 0.0470. The Morgan fingerprint density at radius 3 is 2.50 bits per heavy atom. The van der Waals surface area contributed by atoms with Crippen LogP contribution >= 0.6 is 11.3 Å². The minimum Gasteiger partial charge on any atom is -0.507 e. The van der Waals surface area contributed by atoms with Crippen molar-refractivity contribution in [3.05, 3.63) is 75.5 Å². The lowest BCUT2D eigenvalue weighted by Gasteiger charge is -2.30. The first kappa shape index (κ1) is 19.1. The second-order valence-electron chi connectivity index (χ2n) is 8.14. The van der Waals surface area contributed by atoms with Crippen molar-refractivity contribution in [2.45, 2.75) is 44.7 Å². The molecule has 1 atom stereocenters. The molecule has 0 spiro atoms. The Kier molecular flexibility index (Phi) is 4.70. The van der Waals surface area contributed by atoms with Crippen LogP contribution in [0.25, 0.3) is 16.5 Å². The van der Waals surface area contributed by atoms with Gasteiger partial charge in [0.1, 0.15) is 11.8 Å². The largest absolute Gasteiger partial charge is 0.507 e. The van der Waals surface area contributed by atoms with Gasteiger partial charge >= 0.3 is 0 Å². The number of fused-ring (bicyclic) bond motifs is 1. The summed E-state index contributed by atoms with van der Waals surface area (Å²) in [6.45, 7) is 2.00. The van der Waals surface area contributed by atoms with Crippen LogP contribution in [0.2, 0.25) is 0 Å². The van der Waals surface area contributed by atoms with Gasteiger partial charge < -0.3 is 10.0 Å². The van der Waals surface area contributed by atoms with Gasteiger partial charge in [-0.1, -0.05) is 55.3 Å². The van der Waals surface area contributed by atoms with Crippen molar-refractivity contribution in [1.29, 1.82) is 0 Å². The molecule has 30 heavy (non-hydrogen) atoms. The molecule has 1 aliphatic carbocycles. The lowest BCUT2D eigenvalue weighted by Crippen LogP contribution is -2.37. The highest BCUT2D eigenvalue weighted by atomic mass is 32.1. The van der Waals surface area contributed by atoms with Crippen LogP contribution in [0.15, 0.2) is 59.5 Å². The summed E-state index contributed by atoms with van der Waals surface area (Å²) in [6, 6.07) is 15.0. The molecule has 1 N–H and O–H groups in total. The number of thiophene rings is 1. The molecular formula is C25H23NO3S. The summed E-state index contributed by atoms with van der Waals surface area (Å²) in [5.41, 5.74) is 1.85. The van der Waals surface area contributed by atoms with E-state index in [1.165, 1.54) is 0 Å². The van der Waals surface area contributed by atoms with Crippen LogP contribution in [-0.4, -0.2) is 27.7 Å². The highest BCUT2D eigenvalue weighted by molar-refractivity contribution is 7.10. The van der Waals surface area contributed by atoms with Gasteiger partial charge in [0.25, 0.3) is 11.7 Å². The van der Waals surface area contributed by atoms with Gasteiger partial charge in [0, 0.05) is 16.5 Å². The average Bonchev–Trinajstić information content (AvgIpc) is 3.48. The predicted molar refractivity (Wildman–Crippen MR) is 119 cm³/mol. The van der Waals surface area contributed by atoms with Gasteiger partial charge in [-0.05, 0) is 47.5 Å². The summed E-state index contributed by atoms with van der Waals surface area (Å²) in [7, 11) is 0. The quantitative estimate of drug-likeness (QED) is 0.344. The lowest BCUT2D eigenvalue weighted by molar-refractivity contribution is -0.141. The third-order valence-electron chi connectivity index (χ3n) is 6.39. The molecule has 4 nitrogen and oxygen atoms in total. The Labute approximate surface area is 179 Å². The lowest BCUT2D eigenvalue weighted by atomic mass is 9.95. The van der Waals surface area contributed by atoms with Crippen LogP contribution in [-0.2, 0) is 9.59 Å². The van der Waals surface area contributed by atoms with Gasteiger partial charge in [0.2, 0.25) is 0 Å². The van der Waals surface area contributed by atoms with Crippen molar-refractivity contribution in [3.8, 4) is 0 Å². The summed E-state index contributed by atoms with van der Waals surface area (Å²) >= 11 is 1.54. The molecular weight excluding hydrogens is 394 g/mol. The number of benzene rings is 2. The van der Waals surface area contributed by atoms with E-state index < -0.39 is 17.7 Å². The van der Waals surface area contributed by atoms with Crippen molar-refractivity contribution in [2.75, 3.05) is 0 Å². The predicted octanol–water partition coefficient (Wildman–Crippen LogP) is 5.57. The first-order valence-corrected chi connectivity index (χ1v) is 11.3. The van der Waals surface area contributed by atoms with E-state index >= 15 is 0 Å². The molecule has 5 rings (SSSR count). The van der Waals surface area contributed by atoms with Crippen LogP contribution in [0.3, 0.4) is 0 Å². The maximum Gasteiger partial charge on any atom is 0.295 e. The van der Waals surface area contributed by atoms with Gasteiger partial charge in [0.05, 0.1) is 5.57 Å². The minimum atomic E-state index is -0.579. The normalized spacial score (nSPS) is 21.8. The van der Waals surface area contributed by atoms with Crippen molar-refractivity contribution in [2.24, 2.45) is 0 Å². The summed E-state index contributed by atoms with van der Waals surface area (Å²) in [5.74, 6) is -1.14. The number of Topliss-reactive ketones (excluding diaryl/α,β-unsaturated/α-hetero) is 1. The van der Waals surface area contributed by atoms with E-state index in [1.54, 1.807) is 16.2 Å². The molecule has 3 aromatic rings. The molecule has 1 aliphatic heterocycles. The van der Waals surface area contributed by atoms with E-state index in [-0.39, 0.29) is 17.4 Å². The van der Waals surface area contributed by atoms with E-state index in [0.29, 0.717) is 5.56 Å². The molecule has 0 radical (unpaired) electrons. The number of aliphatic hydroxyl groups is 1. The second-order valence-corrected chi connectivity index (χ2v) is 9.09. The number of ketones is 1. The Hall–Kier alpha value is -2.92. The number of carbonyl (C=O) groups is 2. The molecule has 2 aliphatic rings. The molecule has 1 saturated carbocycles. The third kappa shape index (κ3) is 2.88. The molecule has 1 saturated heterocycles. The third-order valence-corrected chi connectivity index (χ3v) is 7.46. The van der Waals surface area contributed by atoms with E-state index in [9.17, 15) is 14.7 Å². The zero-order chi connectivity index (χ0) is 20.8. The number of aryl methyl sites for hydroxylation is 1. The zero-order valence-corrected chi connectivity index (χ0v) is 17.6. The van der Waals surface area contributed by atoms with Crippen LogP contribution in [0, 0.1) is 6.92 Å². The molecule has 2 heterocycles. The first-order chi connectivity index (χ1) is 14.6. The van der Waals surface area contributed by atoms with Crippen LogP contribution in [0.4, 0.5) is 0 Å². The monoisotopic (exact) mass is 417 g/mol. The Balaban J connectivity index is 1.74. The summed E-state index contributed by atoms with van der Waals surface area (Å²) in [4.78, 5) is 29.1. The van der Waals surface area contributed by atoms with Crippen LogP contribution in [0.5, 0.6) is 0 Å². The van der Waals surface area contributed by atoms with Crippen LogP contribution < -0.4 is 0 Å². The van der Waals surface area contributed by atoms with Crippen LogP contribution in [0.1, 0.15) is 47.7 Å². The van der Waals surface area contributed by atoms with Gasteiger partial charge in [-0.25, -0.2) is 0 Å². The number of aliphatic hydroxyl groups excluding tert-OH is 1. The van der Waals surface area contributed by atoms with Crippen molar-refractivity contribution in [3.63, 3.8) is 0 Å². The van der Waals surface area contributed by atoms with Gasteiger partial charge in [0.15, 0.2) is 0 Å². The molecule has 152 valence electrons. The van der Waals surface area contributed by atoms with E-state index in [4.69, 9.17) is 0 Å². The fourth-order valence-electron chi connectivity index (χ4n) is 4.91. The molecule has 1 amide bonds. The number of likely N-dealkylation sites (tertiary alicyclic amines) is 1. The standard InChI is InChI=1S/C25H23NO3S/c1-15-13-14-30-24(15)21-20(23(28)25(29)26(21)17-9-3-4-10-17)22(27)19-12-6-8-16-7-2-5-11-18(16)19/h2,5-8,11-14,17,21,27H,3-4,9-10H2,1H3/b22-20+. The summed E-state index contributed by atoms with van der Waals surface area (Å²) in [6.07, 6.45) is 3.94. The highest BCUT2D eigenvalue weighted by Crippen LogP contribution is 2.46. The van der Waals surface area contributed by atoms with E-state index in [1.807, 2.05) is 60.8 Å². The zero-order valence-electron chi connectivity index (χ0n) is 16.8.